The number of carbonyl (C=O) groups excluding carboxylic acids is 1. The Kier molecular flexibility index (Phi) is 5.81. The van der Waals surface area contributed by atoms with Gasteiger partial charge in [-0.05, 0) is 25.3 Å². The molecule has 0 bridgehead atoms. The molecule has 2 atom stereocenters. The number of piperazine rings is 1. The summed E-state index contributed by atoms with van der Waals surface area (Å²) in [7, 11) is 1.71. The highest BCUT2D eigenvalue weighted by Crippen LogP contribution is 2.14. The summed E-state index contributed by atoms with van der Waals surface area (Å²) in [5.74, 6) is 1.01. The normalized spacial score (nSPS) is 28.3. The predicted molar refractivity (Wildman–Crippen MR) is 79.7 cm³/mol. The lowest BCUT2D eigenvalue weighted by Gasteiger charge is -2.36. The van der Waals surface area contributed by atoms with Crippen LogP contribution < -0.4 is 5.32 Å². The highest BCUT2D eigenvalue weighted by atomic mass is 16.5. The Morgan fingerprint density at radius 2 is 2.00 bits per heavy atom. The molecule has 1 N–H and O–H groups in total. The van der Waals surface area contributed by atoms with Crippen molar-refractivity contribution >= 4 is 5.91 Å². The molecular formula is C15H29N3O2. The van der Waals surface area contributed by atoms with Gasteiger partial charge in [-0.15, -0.1) is 0 Å². The fourth-order valence-electron chi connectivity index (χ4n) is 2.92. The van der Waals surface area contributed by atoms with Crippen molar-refractivity contribution in [1.82, 2.24) is 15.1 Å². The zero-order chi connectivity index (χ0) is 14.5. The number of rotatable bonds is 5. The molecule has 0 saturated carbocycles. The van der Waals surface area contributed by atoms with Gasteiger partial charge in [0.2, 0.25) is 5.91 Å². The summed E-state index contributed by atoms with van der Waals surface area (Å²) in [4.78, 5) is 16.9. The Labute approximate surface area is 122 Å². The van der Waals surface area contributed by atoms with Crippen molar-refractivity contribution in [2.24, 2.45) is 5.92 Å². The number of carbonyl (C=O) groups is 1. The Morgan fingerprint density at radius 1 is 1.30 bits per heavy atom. The van der Waals surface area contributed by atoms with Crippen LogP contribution in [-0.2, 0) is 9.53 Å². The molecule has 2 unspecified atom stereocenters. The average Bonchev–Trinajstić information content (AvgIpc) is 2.94. The first-order valence-corrected chi connectivity index (χ1v) is 7.87. The van der Waals surface area contributed by atoms with Crippen LogP contribution in [0.3, 0.4) is 0 Å². The predicted octanol–water partition coefficient (Wildman–Crippen LogP) is 0.554. The zero-order valence-corrected chi connectivity index (χ0v) is 13.1. The summed E-state index contributed by atoms with van der Waals surface area (Å²) in [6.07, 6.45) is 2.24. The van der Waals surface area contributed by atoms with Crippen molar-refractivity contribution in [3.05, 3.63) is 0 Å². The first-order chi connectivity index (χ1) is 9.60. The second-order valence-electron chi connectivity index (χ2n) is 6.40. The average molecular weight is 283 g/mol. The number of ether oxygens (including phenoxy) is 1. The first kappa shape index (κ1) is 15.7. The summed E-state index contributed by atoms with van der Waals surface area (Å²) in [5, 5.41) is 3.28. The number of amides is 1. The summed E-state index contributed by atoms with van der Waals surface area (Å²) < 4.78 is 5.31. The Morgan fingerprint density at radius 3 is 2.55 bits per heavy atom. The van der Waals surface area contributed by atoms with Crippen LogP contribution in [-0.4, -0.2) is 74.2 Å². The molecule has 2 heterocycles. The van der Waals surface area contributed by atoms with Gasteiger partial charge in [0, 0.05) is 39.8 Å². The fraction of sp³-hybridized carbons (Fsp3) is 0.933. The molecule has 2 saturated heterocycles. The lowest BCUT2D eigenvalue weighted by atomic mass is 10.1. The molecule has 5 nitrogen and oxygen atoms in total. The minimum Gasteiger partial charge on any atom is -0.380 e. The molecule has 0 aromatic heterocycles. The van der Waals surface area contributed by atoms with Gasteiger partial charge in [-0.1, -0.05) is 13.8 Å². The third-order valence-electron chi connectivity index (χ3n) is 4.43. The number of hydrogen-bond donors (Lipinski definition) is 1. The van der Waals surface area contributed by atoms with Crippen molar-refractivity contribution in [2.75, 3.05) is 46.4 Å². The second kappa shape index (κ2) is 7.38. The van der Waals surface area contributed by atoms with Gasteiger partial charge in [-0.2, -0.15) is 0 Å². The molecule has 0 aliphatic carbocycles. The summed E-state index contributed by atoms with van der Waals surface area (Å²) >= 11 is 0. The van der Waals surface area contributed by atoms with Crippen molar-refractivity contribution in [1.29, 1.82) is 0 Å². The number of hydrogen-bond acceptors (Lipinski definition) is 4. The number of methoxy groups -OCH3 is 1. The minimum atomic E-state index is -0.0397. The van der Waals surface area contributed by atoms with E-state index in [1.165, 1.54) is 6.42 Å². The van der Waals surface area contributed by atoms with E-state index in [1.54, 1.807) is 7.11 Å². The summed E-state index contributed by atoms with van der Waals surface area (Å²) in [5.41, 5.74) is 0. The summed E-state index contributed by atoms with van der Waals surface area (Å²) in [6, 6.07) is -0.0397. The lowest BCUT2D eigenvalue weighted by Crippen LogP contribution is -2.53. The van der Waals surface area contributed by atoms with Gasteiger partial charge in [0.15, 0.2) is 0 Å². The van der Waals surface area contributed by atoms with Crippen molar-refractivity contribution in [3.8, 4) is 0 Å². The van der Waals surface area contributed by atoms with Crippen LogP contribution in [0.2, 0.25) is 0 Å². The van der Waals surface area contributed by atoms with Crippen molar-refractivity contribution < 1.29 is 9.53 Å². The molecule has 0 aromatic rings. The lowest BCUT2D eigenvalue weighted by molar-refractivity contribution is -0.135. The quantitative estimate of drug-likeness (QED) is 0.800. The van der Waals surface area contributed by atoms with Gasteiger partial charge < -0.3 is 15.0 Å². The van der Waals surface area contributed by atoms with E-state index in [-0.39, 0.29) is 18.1 Å². The van der Waals surface area contributed by atoms with Gasteiger partial charge >= 0.3 is 0 Å². The summed E-state index contributed by atoms with van der Waals surface area (Å²) in [6.45, 7) is 10.2. The highest BCUT2D eigenvalue weighted by molar-refractivity contribution is 5.82. The van der Waals surface area contributed by atoms with E-state index in [9.17, 15) is 4.79 Å². The first-order valence-electron chi connectivity index (χ1n) is 7.87. The Bertz CT molecular complexity index is 314. The fourth-order valence-corrected chi connectivity index (χ4v) is 2.92. The van der Waals surface area contributed by atoms with E-state index in [1.807, 2.05) is 4.90 Å². The maximum Gasteiger partial charge on any atom is 0.239 e. The number of nitrogens with one attached hydrogen (secondary N) is 1. The molecule has 20 heavy (non-hydrogen) atoms. The van der Waals surface area contributed by atoms with E-state index in [0.29, 0.717) is 0 Å². The van der Waals surface area contributed by atoms with Gasteiger partial charge in [0.25, 0.3) is 0 Å². The van der Waals surface area contributed by atoms with E-state index in [2.05, 4.69) is 24.1 Å². The molecule has 1 amide bonds. The van der Waals surface area contributed by atoms with Crippen molar-refractivity contribution in [3.63, 3.8) is 0 Å². The molecule has 0 radical (unpaired) electrons. The SMILES string of the molecule is COC1CNC(C(=O)N2CCN(CCC(C)C)CC2)C1. The van der Waals surface area contributed by atoms with Gasteiger partial charge in [0.1, 0.15) is 0 Å². The third-order valence-corrected chi connectivity index (χ3v) is 4.43. The van der Waals surface area contributed by atoms with Crippen LogP contribution >= 0.6 is 0 Å². The van der Waals surface area contributed by atoms with Crippen LogP contribution in [0.1, 0.15) is 26.7 Å². The van der Waals surface area contributed by atoms with Crippen LogP contribution in [0.5, 0.6) is 0 Å². The van der Waals surface area contributed by atoms with Gasteiger partial charge in [-0.25, -0.2) is 0 Å². The molecule has 5 heteroatoms. The van der Waals surface area contributed by atoms with Gasteiger partial charge in [0.05, 0.1) is 12.1 Å². The molecule has 0 aromatic carbocycles. The maximum atomic E-state index is 12.4. The van der Waals surface area contributed by atoms with Crippen LogP contribution in [0.4, 0.5) is 0 Å². The standard InChI is InChI=1S/C15H29N3O2/c1-12(2)4-5-17-6-8-18(9-7-17)15(19)14-10-13(20-3)11-16-14/h12-14,16H,4-11H2,1-3H3. The molecular weight excluding hydrogens is 254 g/mol. The monoisotopic (exact) mass is 283 g/mol. The highest BCUT2D eigenvalue weighted by Gasteiger charge is 2.33. The molecule has 2 aliphatic rings. The van der Waals surface area contributed by atoms with E-state index >= 15 is 0 Å². The van der Waals surface area contributed by atoms with Crippen LogP contribution in [0.15, 0.2) is 0 Å². The van der Waals surface area contributed by atoms with E-state index in [4.69, 9.17) is 4.74 Å². The largest absolute Gasteiger partial charge is 0.380 e. The topological polar surface area (TPSA) is 44.8 Å². The Balaban J connectivity index is 1.72. The maximum absolute atomic E-state index is 12.4. The molecule has 0 spiro atoms. The number of nitrogens with zero attached hydrogens (tertiary/aromatic N) is 2. The zero-order valence-electron chi connectivity index (χ0n) is 13.1. The van der Waals surface area contributed by atoms with Crippen LogP contribution in [0.25, 0.3) is 0 Å². The molecule has 2 aliphatic heterocycles. The smallest absolute Gasteiger partial charge is 0.239 e. The van der Waals surface area contributed by atoms with Gasteiger partial charge in [-0.3, -0.25) is 9.69 Å². The van der Waals surface area contributed by atoms with E-state index in [0.717, 1.165) is 51.6 Å². The van der Waals surface area contributed by atoms with Crippen molar-refractivity contribution in [2.45, 2.75) is 38.8 Å². The molecule has 116 valence electrons. The van der Waals surface area contributed by atoms with E-state index < -0.39 is 0 Å². The second-order valence-corrected chi connectivity index (χ2v) is 6.40. The Hall–Kier alpha value is -0.650. The molecule has 2 fully saturated rings. The minimum absolute atomic E-state index is 0.0397. The molecule has 2 rings (SSSR count). The van der Waals surface area contributed by atoms with Crippen LogP contribution in [0, 0.1) is 5.92 Å². The third kappa shape index (κ3) is 4.17.